The SMILES string of the molecule is CC(C)(C)OC(=O)N1C2CCCC1CC(O)(CC1CCC1)C2. The van der Waals surface area contributed by atoms with E-state index in [9.17, 15) is 9.90 Å². The average Bonchev–Trinajstić information content (AvgIpc) is 2.30. The quantitative estimate of drug-likeness (QED) is 0.842. The second kappa shape index (κ2) is 5.70. The summed E-state index contributed by atoms with van der Waals surface area (Å²) in [5.74, 6) is 0.707. The van der Waals surface area contributed by atoms with Crippen LogP contribution in [-0.4, -0.2) is 39.4 Å². The van der Waals surface area contributed by atoms with Crippen LogP contribution in [0.4, 0.5) is 4.79 Å². The molecule has 2 bridgehead atoms. The summed E-state index contributed by atoms with van der Waals surface area (Å²) in [5.41, 5.74) is -1.01. The van der Waals surface area contributed by atoms with E-state index in [1.54, 1.807) is 0 Å². The molecular formula is C18H31NO3. The highest BCUT2D eigenvalue weighted by atomic mass is 16.6. The molecule has 2 heterocycles. The number of hydrogen-bond acceptors (Lipinski definition) is 3. The smallest absolute Gasteiger partial charge is 0.410 e. The predicted octanol–water partition coefficient (Wildman–Crippen LogP) is 3.86. The van der Waals surface area contributed by atoms with E-state index in [0.717, 1.165) is 38.5 Å². The Morgan fingerprint density at radius 1 is 1.14 bits per heavy atom. The van der Waals surface area contributed by atoms with Crippen LogP contribution in [-0.2, 0) is 4.74 Å². The van der Waals surface area contributed by atoms with Gasteiger partial charge in [0.05, 0.1) is 5.60 Å². The molecule has 0 spiro atoms. The lowest BCUT2D eigenvalue weighted by Crippen LogP contribution is -2.60. The first-order chi connectivity index (χ1) is 10.3. The number of rotatable bonds is 2. The molecule has 1 N–H and O–H groups in total. The van der Waals surface area contributed by atoms with Gasteiger partial charge in [-0.25, -0.2) is 4.79 Å². The second-order valence-corrected chi connectivity index (χ2v) is 8.76. The van der Waals surface area contributed by atoms with E-state index in [-0.39, 0.29) is 18.2 Å². The van der Waals surface area contributed by atoms with Gasteiger partial charge in [0.1, 0.15) is 5.60 Å². The number of piperidine rings is 2. The summed E-state index contributed by atoms with van der Waals surface area (Å²) in [5, 5.41) is 11.1. The van der Waals surface area contributed by atoms with E-state index in [2.05, 4.69) is 0 Å². The van der Waals surface area contributed by atoms with Crippen molar-refractivity contribution < 1.29 is 14.6 Å². The fourth-order valence-corrected chi connectivity index (χ4v) is 4.54. The van der Waals surface area contributed by atoms with Gasteiger partial charge in [-0.15, -0.1) is 0 Å². The highest BCUT2D eigenvalue weighted by Gasteiger charge is 2.49. The van der Waals surface area contributed by atoms with Gasteiger partial charge >= 0.3 is 6.09 Å². The molecule has 3 rings (SSSR count). The fraction of sp³-hybridized carbons (Fsp3) is 0.944. The van der Waals surface area contributed by atoms with Gasteiger partial charge in [0.25, 0.3) is 0 Å². The van der Waals surface area contributed by atoms with Gasteiger partial charge in [0, 0.05) is 12.1 Å². The van der Waals surface area contributed by atoms with E-state index < -0.39 is 11.2 Å². The van der Waals surface area contributed by atoms with Crippen LogP contribution in [0, 0.1) is 5.92 Å². The van der Waals surface area contributed by atoms with Crippen LogP contribution in [0.2, 0.25) is 0 Å². The molecule has 4 heteroatoms. The van der Waals surface area contributed by atoms with Crippen molar-refractivity contribution >= 4 is 6.09 Å². The summed E-state index contributed by atoms with van der Waals surface area (Å²) < 4.78 is 5.60. The molecular weight excluding hydrogens is 278 g/mol. The normalized spacial score (nSPS) is 35.9. The minimum absolute atomic E-state index is 0.160. The predicted molar refractivity (Wildman–Crippen MR) is 85.6 cm³/mol. The topological polar surface area (TPSA) is 49.8 Å². The lowest BCUT2D eigenvalue weighted by Gasteiger charge is -2.52. The zero-order chi connectivity index (χ0) is 16.0. The van der Waals surface area contributed by atoms with Crippen LogP contribution in [0.25, 0.3) is 0 Å². The Morgan fingerprint density at radius 2 is 1.68 bits per heavy atom. The molecule has 1 amide bonds. The number of carbonyl (C=O) groups is 1. The average molecular weight is 309 g/mol. The van der Waals surface area contributed by atoms with E-state index >= 15 is 0 Å². The maximum absolute atomic E-state index is 12.5. The lowest BCUT2D eigenvalue weighted by molar-refractivity contribution is -0.105. The molecule has 2 aliphatic heterocycles. The maximum Gasteiger partial charge on any atom is 0.410 e. The van der Waals surface area contributed by atoms with Crippen molar-refractivity contribution in [3.05, 3.63) is 0 Å². The number of amides is 1. The van der Waals surface area contributed by atoms with E-state index in [0.29, 0.717) is 5.92 Å². The van der Waals surface area contributed by atoms with Crippen molar-refractivity contribution in [2.75, 3.05) is 0 Å². The summed E-state index contributed by atoms with van der Waals surface area (Å²) in [7, 11) is 0. The number of carbonyl (C=O) groups excluding carboxylic acids is 1. The van der Waals surface area contributed by atoms with Crippen LogP contribution >= 0.6 is 0 Å². The lowest BCUT2D eigenvalue weighted by atomic mass is 9.69. The van der Waals surface area contributed by atoms with Gasteiger partial charge in [-0.05, 0) is 65.2 Å². The highest BCUT2D eigenvalue weighted by Crippen LogP contribution is 2.45. The number of fused-ring (bicyclic) bond motifs is 2. The van der Waals surface area contributed by atoms with Crippen LogP contribution in [0.15, 0.2) is 0 Å². The van der Waals surface area contributed by atoms with Crippen LogP contribution in [0.3, 0.4) is 0 Å². The minimum atomic E-state index is -0.556. The Hall–Kier alpha value is -0.770. The first-order valence-corrected chi connectivity index (χ1v) is 8.99. The Kier molecular flexibility index (Phi) is 4.17. The molecule has 4 nitrogen and oxygen atoms in total. The Bertz CT molecular complexity index is 411. The zero-order valence-corrected chi connectivity index (χ0v) is 14.3. The molecule has 22 heavy (non-hydrogen) atoms. The summed E-state index contributed by atoms with van der Waals surface area (Å²) >= 11 is 0. The van der Waals surface area contributed by atoms with Crippen molar-refractivity contribution in [1.29, 1.82) is 0 Å². The standard InChI is InChI=1S/C18H31NO3/c1-17(2,3)22-16(20)19-14-8-5-9-15(19)12-18(21,11-14)10-13-6-4-7-13/h13-15,21H,4-12H2,1-3H3. The van der Waals surface area contributed by atoms with Gasteiger partial charge < -0.3 is 14.7 Å². The number of ether oxygens (including phenoxy) is 1. The second-order valence-electron chi connectivity index (χ2n) is 8.76. The van der Waals surface area contributed by atoms with Crippen molar-refractivity contribution in [2.45, 2.75) is 102 Å². The first kappa shape index (κ1) is 16.1. The third-order valence-electron chi connectivity index (χ3n) is 5.59. The largest absolute Gasteiger partial charge is 0.444 e. The molecule has 3 aliphatic rings. The monoisotopic (exact) mass is 309 g/mol. The molecule has 126 valence electrons. The molecule has 0 aromatic rings. The zero-order valence-electron chi connectivity index (χ0n) is 14.3. The molecule has 0 aromatic carbocycles. The molecule has 2 unspecified atom stereocenters. The van der Waals surface area contributed by atoms with E-state index in [1.807, 2.05) is 25.7 Å². The van der Waals surface area contributed by atoms with Crippen molar-refractivity contribution in [2.24, 2.45) is 5.92 Å². The van der Waals surface area contributed by atoms with E-state index in [4.69, 9.17) is 4.74 Å². The van der Waals surface area contributed by atoms with Crippen molar-refractivity contribution in [3.63, 3.8) is 0 Å². The van der Waals surface area contributed by atoms with E-state index in [1.165, 1.54) is 19.3 Å². The maximum atomic E-state index is 12.5. The van der Waals surface area contributed by atoms with Gasteiger partial charge in [-0.2, -0.15) is 0 Å². The summed E-state index contributed by atoms with van der Waals surface area (Å²) in [6.07, 6.45) is 9.24. The van der Waals surface area contributed by atoms with Gasteiger partial charge in [-0.3, -0.25) is 0 Å². The minimum Gasteiger partial charge on any atom is -0.444 e. The van der Waals surface area contributed by atoms with Crippen LogP contribution in [0.5, 0.6) is 0 Å². The number of nitrogens with zero attached hydrogens (tertiary/aromatic N) is 1. The number of aliphatic hydroxyl groups is 1. The molecule has 0 aromatic heterocycles. The molecule has 1 aliphatic carbocycles. The third kappa shape index (κ3) is 3.42. The third-order valence-corrected chi connectivity index (χ3v) is 5.59. The molecule has 2 saturated heterocycles. The Labute approximate surface area is 134 Å². The highest BCUT2D eigenvalue weighted by molar-refractivity contribution is 5.69. The van der Waals surface area contributed by atoms with Gasteiger partial charge in [-0.1, -0.05) is 19.3 Å². The summed E-state index contributed by atoms with van der Waals surface area (Å²) in [6, 6.07) is 0.319. The molecule has 2 atom stereocenters. The van der Waals surface area contributed by atoms with Crippen molar-refractivity contribution in [3.8, 4) is 0 Å². The summed E-state index contributed by atoms with van der Waals surface area (Å²) in [4.78, 5) is 14.5. The Balaban J connectivity index is 1.69. The molecule has 0 radical (unpaired) electrons. The summed E-state index contributed by atoms with van der Waals surface area (Å²) in [6.45, 7) is 5.74. The van der Waals surface area contributed by atoms with Crippen LogP contribution in [0.1, 0.15) is 78.6 Å². The fourth-order valence-electron chi connectivity index (χ4n) is 4.54. The Morgan fingerprint density at radius 3 is 2.14 bits per heavy atom. The van der Waals surface area contributed by atoms with Gasteiger partial charge in [0.2, 0.25) is 0 Å². The first-order valence-electron chi connectivity index (χ1n) is 8.99. The van der Waals surface area contributed by atoms with Crippen LogP contribution < -0.4 is 0 Å². The van der Waals surface area contributed by atoms with Gasteiger partial charge in [0.15, 0.2) is 0 Å². The molecule has 3 fully saturated rings. The molecule has 1 saturated carbocycles. The number of hydrogen-bond donors (Lipinski definition) is 1. The van der Waals surface area contributed by atoms with Crippen molar-refractivity contribution in [1.82, 2.24) is 4.90 Å².